The van der Waals surface area contributed by atoms with Crippen molar-refractivity contribution in [3.05, 3.63) is 87.1 Å². The average Bonchev–Trinajstić information content (AvgIpc) is 3.37. The third kappa shape index (κ3) is 3.20. The van der Waals surface area contributed by atoms with E-state index < -0.39 is 0 Å². The number of imidazole rings is 1. The van der Waals surface area contributed by atoms with Crippen molar-refractivity contribution in [3.63, 3.8) is 0 Å². The maximum Gasteiger partial charge on any atom is 0.319 e. The first-order valence-corrected chi connectivity index (χ1v) is 10.6. The van der Waals surface area contributed by atoms with Gasteiger partial charge in [0.2, 0.25) is 5.69 Å². The van der Waals surface area contributed by atoms with Gasteiger partial charge in [-0.1, -0.05) is 34.1 Å². The van der Waals surface area contributed by atoms with E-state index >= 15 is 0 Å². The molecule has 0 saturated carbocycles. The minimum atomic E-state index is 0. The second-order valence-corrected chi connectivity index (χ2v) is 8.40. The maximum atomic E-state index is 13.7. The molecule has 0 spiro atoms. The zero-order chi connectivity index (χ0) is 20.1. The summed E-state index contributed by atoms with van der Waals surface area (Å²) in [7, 11) is 1.95. The largest absolute Gasteiger partial charge is 1.00 e. The number of hydrogen-bond acceptors (Lipinski definition) is 1. The van der Waals surface area contributed by atoms with Crippen LogP contribution in [0.15, 0.2) is 70.1 Å². The van der Waals surface area contributed by atoms with Gasteiger partial charge in [0, 0.05) is 17.1 Å². The van der Waals surface area contributed by atoms with E-state index in [9.17, 15) is 4.79 Å². The molecule has 1 aliphatic rings. The number of fused-ring (bicyclic) bond motifs is 1. The second-order valence-electron chi connectivity index (χ2n) is 7.48. The lowest BCUT2D eigenvalue weighted by molar-refractivity contribution is -0.689. The fraction of sp³-hybridized carbons (Fsp3) is 0.217. The van der Waals surface area contributed by atoms with Crippen molar-refractivity contribution in [3.8, 4) is 22.6 Å². The summed E-state index contributed by atoms with van der Waals surface area (Å²) >= 11 is 3.52. The first-order chi connectivity index (χ1) is 14.1. The first-order valence-electron chi connectivity index (χ1n) is 9.80. The average molecular weight is 530 g/mol. The van der Waals surface area contributed by atoms with Crippen LogP contribution in [0.3, 0.4) is 0 Å². The van der Waals surface area contributed by atoms with Crippen LogP contribution in [0.4, 0.5) is 0 Å². The van der Waals surface area contributed by atoms with Gasteiger partial charge in [-0.25, -0.2) is 9.25 Å². The SMILES string of the molecule is Cc1c(-n2c(-c3ccc(Br)cc3)c[n+]3c2CCC3)c(=O)n(-c2ccccc2)n1C.[Br-]. The molecule has 7 heteroatoms. The van der Waals surface area contributed by atoms with Crippen LogP contribution < -0.4 is 27.1 Å². The highest BCUT2D eigenvalue weighted by molar-refractivity contribution is 9.10. The lowest BCUT2D eigenvalue weighted by atomic mass is 10.1. The van der Waals surface area contributed by atoms with E-state index in [1.54, 1.807) is 4.68 Å². The van der Waals surface area contributed by atoms with E-state index in [4.69, 9.17) is 0 Å². The van der Waals surface area contributed by atoms with E-state index in [2.05, 4.69) is 43.4 Å². The summed E-state index contributed by atoms with van der Waals surface area (Å²) < 4.78 is 9.21. The molecule has 0 unspecified atom stereocenters. The Bertz CT molecular complexity index is 1270. The van der Waals surface area contributed by atoms with E-state index in [1.165, 1.54) is 5.82 Å². The van der Waals surface area contributed by atoms with Crippen molar-refractivity contribution in [2.75, 3.05) is 0 Å². The molecule has 4 aromatic rings. The summed E-state index contributed by atoms with van der Waals surface area (Å²) in [5, 5.41) is 0. The predicted octanol–water partition coefficient (Wildman–Crippen LogP) is 0.942. The topological polar surface area (TPSA) is 35.7 Å². The zero-order valence-corrected chi connectivity index (χ0v) is 20.0. The monoisotopic (exact) mass is 528 g/mol. The van der Waals surface area contributed by atoms with E-state index in [0.29, 0.717) is 0 Å². The van der Waals surface area contributed by atoms with Crippen LogP contribution in [-0.2, 0) is 20.0 Å². The number of aryl methyl sites for hydroxylation is 1. The van der Waals surface area contributed by atoms with Gasteiger partial charge in [0.25, 0.3) is 5.82 Å². The molecule has 1 aliphatic heterocycles. The predicted molar refractivity (Wildman–Crippen MR) is 117 cm³/mol. The zero-order valence-electron chi connectivity index (χ0n) is 16.8. The van der Waals surface area contributed by atoms with Crippen LogP contribution >= 0.6 is 15.9 Å². The van der Waals surface area contributed by atoms with Crippen molar-refractivity contribution in [1.82, 2.24) is 13.9 Å². The van der Waals surface area contributed by atoms with E-state index in [1.807, 2.05) is 61.1 Å². The molecule has 3 heterocycles. The number of aromatic nitrogens is 4. The van der Waals surface area contributed by atoms with Crippen molar-refractivity contribution in [1.29, 1.82) is 0 Å². The summed E-state index contributed by atoms with van der Waals surface area (Å²) in [5.41, 5.74) is 4.70. The van der Waals surface area contributed by atoms with Gasteiger partial charge < -0.3 is 17.0 Å². The van der Waals surface area contributed by atoms with Crippen molar-refractivity contribution in [2.24, 2.45) is 7.05 Å². The highest BCUT2D eigenvalue weighted by Gasteiger charge is 2.34. The molecule has 0 fully saturated rings. The van der Waals surface area contributed by atoms with Gasteiger partial charge in [0.15, 0.2) is 5.69 Å². The molecule has 30 heavy (non-hydrogen) atoms. The van der Waals surface area contributed by atoms with Crippen molar-refractivity contribution in [2.45, 2.75) is 26.3 Å². The summed E-state index contributed by atoms with van der Waals surface area (Å²) in [6.07, 6.45) is 4.26. The molecule has 0 amide bonds. The van der Waals surface area contributed by atoms with Gasteiger partial charge >= 0.3 is 5.56 Å². The van der Waals surface area contributed by atoms with Gasteiger partial charge in [-0.05, 0) is 49.7 Å². The number of nitrogens with zero attached hydrogens (tertiary/aromatic N) is 4. The molecular formula is C23H22Br2N4O. The van der Waals surface area contributed by atoms with Gasteiger partial charge in [0.1, 0.15) is 6.20 Å². The number of halogens is 2. The number of rotatable bonds is 3. The van der Waals surface area contributed by atoms with Crippen LogP contribution in [0, 0.1) is 6.92 Å². The van der Waals surface area contributed by atoms with Crippen molar-refractivity contribution >= 4 is 15.9 Å². The summed E-state index contributed by atoms with van der Waals surface area (Å²) in [4.78, 5) is 13.7. The maximum absolute atomic E-state index is 13.7. The molecule has 0 bridgehead atoms. The van der Waals surface area contributed by atoms with Crippen LogP contribution in [0.2, 0.25) is 0 Å². The quantitative estimate of drug-likeness (QED) is 0.364. The van der Waals surface area contributed by atoms with Gasteiger partial charge in [-0.2, -0.15) is 4.57 Å². The van der Waals surface area contributed by atoms with Gasteiger partial charge in [-0.3, -0.25) is 9.48 Å². The smallest absolute Gasteiger partial charge is 0.319 e. The van der Waals surface area contributed by atoms with E-state index in [0.717, 1.165) is 52.2 Å². The Morgan fingerprint density at radius 2 is 1.73 bits per heavy atom. The molecule has 0 radical (unpaired) electrons. The standard InChI is InChI=1S/C23H22BrN4O.BrH/c1-16-22(23(29)28(25(16)2)19-7-4-3-5-8-19)27-20(15-26-14-6-9-21(26)27)17-10-12-18(24)13-11-17;/h3-5,7-8,10-13,15H,6,9,14H2,1-2H3;1H/q+1;/p-1. The lowest BCUT2D eigenvalue weighted by Gasteiger charge is -2.06. The van der Waals surface area contributed by atoms with E-state index in [-0.39, 0.29) is 22.5 Å². The molecular weight excluding hydrogens is 508 g/mol. The summed E-state index contributed by atoms with van der Waals surface area (Å²) in [6, 6.07) is 18.1. The molecule has 154 valence electrons. The fourth-order valence-electron chi connectivity index (χ4n) is 4.29. The van der Waals surface area contributed by atoms with Crippen LogP contribution in [-0.4, -0.2) is 13.9 Å². The normalized spacial score (nSPS) is 12.6. The van der Waals surface area contributed by atoms with Crippen LogP contribution in [0.5, 0.6) is 0 Å². The van der Waals surface area contributed by atoms with Crippen LogP contribution in [0.25, 0.3) is 22.6 Å². The molecule has 0 atom stereocenters. The lowest BCUT2D eigenvalue weighted by Crippen LogP contribution is -3.00. The highest BCUT2D eigenvalue weighted by Crippen LogP contribution is 2.28. The molecule has 0 N–H and O–H groups in total. The third-order valence-corrected chi connectivity index (χ3v) is 6.32. The molecule has 0 aliphatic carbocycles. The molecule has 2 aromatic heterocycles. The Labute approximate surface area is 194 Å². The third-order valence-electron chi connectivity index (χ3n) is 5.80. The minimum absolute atomic E-state index is 0. The van der Waals surface area contributed by atoms with Crippen LogP contribution in [0.1, 0.15) is 17.9 Å². The Hall–Kier alpha value is -2.38. The number of para-hydroxylation sites is 1. The van der Waals surface area contributed by atoms with Gasteiger partial charge in [-0.15, -0.1) is 0 Å². The fourth-order valence-corrected chi connectivity index (χ4v) is 4.55. The Balaban J connectivity index is 0.00000218. The Morgan fingerprint density at radius 1 is 1.03 bits per heavy atom. The molecule has 2 aromatic carbocycles. The minimum Gasteiger partial charge on any atom is -1.00 e. The van der Waals surface area contributed by atoms with Crippen molar-refractivity contribution < 1.29 is 21.5 Å². The number of hydrogen-bond donors (Lipinski definition) is 0. The molecule has 5 nitrogen and oxygen atoms in total. The highest BCUT2D eigenvalue weighted by atomic mass is 79.9. The summed E-state index contributed by atoms with van der Waals surface area (Å²) in [6.45, 7) is 3.01. The number of benzene rings is 2. The second kappa shape index (κ2) is 8.04. The summed E-state index contributed by atoms with van der Waals surface area (Å²) in [5.74, 6) is 1.19. The van der Waals surface area contributed by atoms with Gasteiger partial charge in [0.05, 0.1) is 24.3 Å². The molecule has 0 saturated heterocycles. The first kappa shape index (κ1) is 20.9. The Kier molecular flexibility index (Phi) is 5.59. The molecule has 5 rings (SSSR count). The Morgan fingerprint density at radius 3 is 2.43 bits per heavy atom.